The van der Waals surface area contributed by atoms with E-state index in [1.54, 1.807) is 18.2 Å². The second-order valence-corrected chi connectivity index (χ2v) is 13.8. The van der Waals surface area contributed by atoms with E-state index >= 15 is 0 Å². The molecule has 0 aliphatic heterocycles. The molecule has 0 saturated heterocycles. The van der Waals surface area contributed by atoms with Crippen LogP contribution in [0, 0.1) is 51.2 Å². The van der Waals surface area contributed by atoms with Gasteiger partial charge in [-0.05, 0) is 60.9 Å². The molecule has 0 saturated carbocycles. The minimum absolute atomic E-state index is 0.190. The Morgan fingerprint density at radius 1 is 0.556 bits per heavy atom. The Balaban J connectivity index is 1.35. The van der Waals surface area contributed by atoms with Gasteiger partial charge in [-0.15, -0.1) is 0 Å². The van der Waals surface area contributed by atoms with E-state index in [4.69, 9.17) is 4.42 Å². The molecular formula is C47H26N6O. The van der Waals surface area contributed by atoms with Crippen LogP contribution in [-0.2, 0) is 6.42 Å². The molecule has 3 heterocycles. The maximum atomic E-state index is 11.1. The summed E-state index contributed by atoms with van der Waals surface area (Å²) in [4.78, 5) is 0. The zero-order valence-corrected chi connectivity index (χ0v) is 28.9. The van der Waals surface area contributed by atoms with Gasteiger partial charge in [-0.3, -0.25) is 0 Å². The first-order valence-electron chi connectivity index (χ1n) is 17.6. The lowest BCUT2D eigenvalue weighted by Gasteiger charge is -2.20. The fraction of sp³-hybridized carbons (Fsp3) is 0.0638. The molecule has 0 bridgehead atoms. The Labute approximate surface area is 309 Å². The minimum Gasteiger partial charge on any atom is -0.456 e. The van der Waals surface area contributed by atoms with Gasteiger partial charge in [0.1, 0.15) is 35.6 Å². The van der Waals surface area contributed by atoms with E-state index in [9.17, 15) is 21.0 Å². The molecule has 1 unspecified atom stereocenters. The Morgan fingerprint density at radius 3 is 1.76 bits per heavy atom. The van der Waals surface area contributed by atoms with Crippen LogP contribution in [0.5, 0.6) is 0 Å². The molecule has 1 atom stereocenters. The smallest absolute Gasteiger partial charge is 0.135 e. The second-order valence-electron chi connectivity index (χ2n) is 13.8. The summed E-state index contributed by atoms with van der Waals surface area (Å²) in [6.07, 6.45) is 5.05. The van der Waals surface area contributed by atoms with Gasteiger partial charge in [-0.1, -0.05) is 79.7 Å². The van der Waals surface area contributed by atoms with Gasteiger partial charge in [0.2, 0.25) is 0 Å². The van der Waals surface area contributed by atoms with Crippen LogP contribution in [0.15, 0.2) is 120 Å². The Morgan fingerprint density at radius 2 is 1.13 bits per heavy atom. The number of para-hydroxylation sites is 3. The molecular weight excluding hydrogens is 665 g/mol. The van der Waals surface area contributed by atoms with Crippen molar-refractivity contribution in [2.24, 2.45) is 5.92 Å². The monoisotopic (exact) mass is 690 g/mol. The number of hydrogen-bond acceptors (Lipinski definition) is 5. The lowest BCUT2D eigenvalue weighted by Crippen LogP contribution is -2.07. The number of fused-ring (bicyclic) bond motifs is 9. The number of nitriles is 4. The largest absolute Gasteiger partial charge is 0.456 e. The summed E-state index contributed by atoms with van der Waals surface area (Å²) >= 11 is 0. The highest BCUT2D eigenvalue weighted by molar-refractivity contribution is 6.14. The number of rotatable bonds is 3. The van der Waals surface area contributed by atoms with Crippen molar-refractivity contribution in [3.05, 3.63) is 149 Å². The molecule has 7 nitrogen and oxygen atoms in total. The van der Waals surface area contributed by atoms with Gasteiger partial charge in [-0.2, -0.15) is 21.0 Å². The summed E-state index contributed by atoms with van der Waals surface area (Å²) in [6.45, 7) is 2.19. The van der Waals surface area contributed by atoms with E-state index in [0.717, 1.165) is 72.3 Å². The molecule has 250 valence electrons. The average molecular weight is 691 g/mol. The summed E-state index contributed by atoms with van der Waals surface area (Å²) in [5.41, 5.74) is 8.43. The Kier molecular flexibility index (Phi) is 6.64. The van der Waals surface area contributed by atoms with Crippen molar-refractivity contribution in [3.8, 4) is 46.8 Å². The summed E-state index contributed by atoms with van der Waals surface area (Å²) in [5.74, 6) is 1.21. The molecule has 1 aliphatic rings. The third kappa shape index (κ3) is 4.19. The maximum absolute atomic E-state index is 11.1. The third-order valence-corrected chi connectivity index (χ3v) is 10.9. The average Bonchev–Trinajstić information content (AvgIpc) is 3.85. The number of allylic oxidation sites excluding steroid dienone is 1. The molecule has 0 spiro atoms. The van der Waals surface area contributed by atoms with Gasteiger partial charge >= 0.3 is 0 Å². The van der Waals surface area contributed by atoms with Crippen molar-refractivity contribution in [2.45, 2.75) is 13.3 Å². The standard InChI is InChI=1S/C47H26N6O/c1-27-14-19-44-36(20-27)37-21-43-35(22-45(37)54-44)33-10-4-7-13-42(33)53(43)47-34(18-15-28(23-48)38(47)25-50)30-17-16-29(24-49)46(39(30)26-51)52-40-11-5-2-8-31(40)32-9-3-6-12-41(32)52/h2-19,21-22,27H,20H2,1H3. The highest BCUT2D eigenvalue weighted by atomic mass is 16.3. The number of aromatic nitrogens is 2. The molecule has 9 aromatic rings. The fourth-order valence-corrected chi connectivity index (χ4v) is 8.52. The molecule has 6 aromatic carbocycles. The van der Waals surface area contributed by atoms with Crippen LogP contribution in [0.1, 0.15) is 40.5 Å². The number of benzene rings is 6. The SMILES string of the molecule is CC1C=Cc2oc3cc4c5ccccc5n(-c5c(-c6ccc(C#N)c(-n7c8ccccc8c8ccccc87)c6C#N)ccc(C#N)c5C#N)c4cc3c2C1. The van der Waals surface area contributed by atoms with Crippen LogP contribution in [-0.4, -0.2) is 9.13 Å². The van der Waals surface area contributed by atoms with Gasteiger partial charge in [-0.25, -0.2) is 0 Å². The van der Waals surface area contributed by atoms with E-state index in [-0.39, 0.29) is 16.7 Å². The molecule has 54 heavy (non-hydrogen) atoms. The van der Waals surface area contributed by atoms with Crippen LogP contribution in [0.4, 0.5) is 0 Å². The number of furan rings is 1. The first-order valence-corrected chi connectivity index (χ1v) is 17.6. The molecule has 10 rings (SSSR count). The summed E-state index contributed by atoms with van der Waals surface area (Å²) in [5, 5.41) is 47.8. The van der Waals surface area contributed by atoms with Crippen LogP contribution in [0.25, 0.3) is 83.2 Å². The molecule has 0 N–H and O–H groups in total. The Bertz CT molecular complexity index is 3270. The van der Waals surface area contributed by atoms with Crippen LogP contribution < -0.4 is 0 Å². The summed E-state index contributed by atoms with van der Waals surface area (Å²) in [6, 6.07) is 44.6. The minimum atomic E-state index is 0.190. The number of nitrogens with zero attached hydrogens (tertiary/aromatic N) is 6. The van der Waals surface area contributed by atoms with Gasteiger partial charge < -0.3 is 13.6 Å². The van der Waals surface area contributed by atoms with E-state index < -0.39 is 0 Å². The highest BCUT2D eigenvalue weighted by Gasteiger charge is 2.27. The van der Waals surface area contributed by atoms with Crippen LogP contribution in [0.3, 0.4) is 0 Å². The van der Waals surface area contributed by atoms with Gasteiger partial charge in [0, 0.05) is 43.6 Å². The third-order valence-electron chi connectivity index (χ3n) is 10.9. The second kappa shape index (κ2) is 11.6. The topological polar surface area (TPSA) is 118 Å². The normalized spacial score (nSPS) is 13.6. The van der Waals surface area contributed by atoms with Crippen molar-refractivity contribution in [2.75, 3.05) is 0 Å². The van der Waals surface area contributed by atoms with Crippen molar-refractivity contribution < 1.29 is 4.42 Å². The zero-order chi connectivity index (χ0) is 36.7. The predicted octanol–water partition coefficient (Wildman–Crippen LogP) is 11.0. The molecule has 0 fully saturated rings. The first-order chi connectivity index (χ1) is 26.5. The number of hydrogen-bond donors (Lipinski definition) is 0. The first kappa shape index (κ1) is 30.9. The summed E-state index contributed by atoms with van der Waals surface area (Å²) in [7, 11) is 0. The molecule has 3 aromatic heterocycles. The molecule has 7 heteroatoms. The Hall–Kier alpha value is -7.84. The van der Waals surface area contributed by atoms with Crippen LogP contribution in [0.2, 0.25) is 0 Å². The van der Waals surface area contributed by atoms with Gasteiger partial charge in [0.05, 0.1) is 55.7 Å². The molecule has 1 aliphatic carbocycles. The highest BCUT2D eigenvalue weighted by Crippen LogP contribution is 2.44. The summed E-state index contributed by atoms with van der Waals surface area (Å²) < 4.78 is 10.4. The van der Waals surface area contributed by atoms with E-state index in [1.807, 2.05) is 89.5 Å². The lowest BCUT2D eigenvalue weighted by molar-refractivity contribution is 0.584. The zero-order valence-electron chi connectivity index (χ0n) is 28.9. The van der Waals surface area contributed by atoms with Crippen molar-refractivity contribution in [1.82, 2.24) is 9.13 Å². The maximum Gasteiger partial charge on any atom is 0.135 e. The van der Waals surface area contributed by atoms with E-state index in [1.165, 1.54) is 0 Å². The van der Waals surface area contributed by atoms with Crippen molar-refractivity contribution in [1.29, 1.82) is 21.0 Å². The van der Waals surface area contributed by atoms with Gasteiger partial charge in [0.25, 0.3) is 0 Å². The van der Waals surface area contributed by atoms with Crippen molar-refractivity contribution >= 4 is 60.7 Å². The lowest BCUT2D eigenvalue weighted by atomic mass is 9.91. The van der Waals surface area contributed by atoms with E-state index in [0.29, 0.717) is 34.0 Å². The molecule has 0 amide bonds. The van der Waals surface area contributed by atoms with Crippen molar-refractivity contribution in [3.63, 3.8) is 0 Å². The quantitative estimate of drug-likeness (QED) is 0.183. The fourth-order valence-electron chi connectivity index (χ4n) is 8.52. The predicted molar refractivity (Wildman–Crippen MR) is 211 cm³/mol. The van der Waals surface area contributed by atoms with Gasteiger partial charge in [0.15, 0.2) is 0 Å². The van der Waals surface area contributed by atoms with E-state index in [2.05, 4.69) is 54.0 Å². The van der Waals surface area contributed by atoms with Crippen LogP contribution >= 0.6 is 0 Å². The molecule has 0 radical (unpaired) electrons.